The maximum absolute atomic E-state index is 13.0. The highest BCUT2D eigenvalue weighted by atomic mass is 35.5. The van der Waals surface area contributed by atoms with E-state index in [9.17, 15) is 9.59 Å². The molecule has 0 aliphatic heterocycles. The van der Waals surface area contributed by atoms with Crippen molar-refractivity contribution in [3.63, 3.8) is 0 Å². The van der Waals surface area contributed by atoms with Gasteiger partial charge in [-0.1, -0.05) is 41.0 Å². The smallest absolute Gasteiger partial charge is 0.341 e. The van der Waals surface area contributed by atoms with Crippen LogP contribution in [0.5, 0.6) is 5.75 Å². The van der Waals surface area contributed by atoms with Crippen LogP contribution in [0.25, 0.3) is 0 Å². The maximum atomic E-state index is 13.0. The predicted molar refractivity (Wildman–Crippen MR) is 157 cm³/mol. The topological polar surface area (TPSA) is 95.3 Å². The average molecular weight is 610 g/mol. The van der Waals surface area contributed by atoms with Crippen molar-refractivity contribution in [1.29, 1.82) is 0 Å². The number of halogens is 2. The van der Waals surface area contributed by atoms with E-state index in [4.69, 9.17) is 32.7 Å². The van der Waals surface area contributed by atoms with Crippen molar-refractivity contribution in [3.8, 4) is 5.75 Å². The van der Waals surface area contributed by atoms with Crippen LogP contribution in [0, 0.1) is 0 Å². The molecule has 2 heterocycles. The van der Waals surface area contributed by atoms with Gasteiger partial charge in [0, 0.05) is 16.4 Å². The van der Waals surface area contributed by atoms with E-state index in [2.05, 4.69) is 22.1 Å². The Labute approximate surface area is 246 Å². The number of hydrogen-bond acceptors (Lipinski definition) is 8. The third-order valence-corrected chi connectivity index (χ3v) is 8.63. The summed E-state index contributed by atoms with van der Waals surface area (Å²) in [5.74, 6) is 0.477. The fourth-order valence-electron chi connectivity index (χ4n) is 4.26. The van der Waals surface area contributed by atoms with E-state index in [1.807, 2.05) is 25.3 Å². The van der Waals surface area contributed by atoms with Crippen LogP contribution in [-0.2, 0) is 28.9 Å². The number of fused-ring (bicyclic) bond motifs is 1. The van der Waals surface area contributed by atoms with Crippen molar-refractivity contribution >= 4 is 63.2 Å². The SMILES string of the molecule is C=CCn1c(SCC(=O)Nc2sc3c(c2C(=O)OC(C)C)CCCC3)nnc1C(C)Oc1ccc(Cl)cc1Cl. The van der Waals surface area contributed by atoms with Crippen LogP contribution in [-0.4, -0.2) is 38.5 Å². The third-order valence-electron chi connectivity index (χ3n) is 5.92. The summed E-state index contributed by atoms with van der Waals surface area (Å²) in [6.45, 7) is 9.73. The molecule has 1 aliphatic rings. The van der Waals surface area contributed by atoms with Gasteiger partial charge in [0.15, 0.2) is 17.1 Å². The summed E-state index contributed by atoms with van der Waals surface area (Å²) < 4.78 is 13.3. The number of esters is 1. The van der Waals surface area contributed by atoms with E-state index in [-0.39, 0.29) is 17.8 Å². The molecule has 0 radical (unpaired) electrons. The number of aromatic nitrogens is 3. The van der Waals surface area contributed by atoms with Crippen molar-refractivity contribution in [2.75, 3.05) is 11.1 Å². The van der Waals surface area contributed by atoms with Gasteiger partial charge in [-0.2, -0.15) is 0 Å². The quantitative estimate of drug-likeness (QED) is 0.140. The van der Waals surface area contributed by atoms with Crippen molar-refractivity contribution in [2.45, 2.75) is 70.4 Å². The highest BCUT2D eigenvalue weighted by Crippen LogP contribution is 2.39. The van der Waals surface area contributed by atoms with E-state index in [0.29, 0.717) is 43.9 Å². The molecule has 0 spiro atoms. The van der Waals surface area contributed by atoms with Crippen molar-refractivity contribution in [3.05, 3.63) is 62.7 Å². The first-order valence-electron chi connectivity index (χ1n) is 12.6. The van der Waals surface area contributed by atoms with Crippen LogP contribution >= 0.6 is 46.3 Å². The number of benzene rings is 1. The lowest BCUT2D eigenvalue weighted by atomic mass is 9.95. The second-order valence-electron chi connectivity index (χ2n) is 9.28. The molecule has 1 N–H and O–H groups in total. The average Bonchev–Trinajstić information content (AvgIpc) is 3.45. The minimum atomic E-state index is -0.480. The van der Waals surface area contributed by atoms with Gasteiger partial charge in [0.1, 0.15) is 10.8 Å². The zero-order valence-corrected chi connectivity index (χ0v) is 25.1. The Bertz CT molecular complexity index is 1370. The zero-order chi connectivity index (χ0) is 28.1. The number of thiophene rings is 1. The monoisotopic (exact) mass is 608 g/mol. The molecule has 0 fully saturated rings. The van der Waals surface area contributed by atoms with E-state index in [1.165, 1.54) is 23.1 Å². The molecule has 0 bridgehead atoms. The van der Waals surface area contributed by atoms with Crippen LogP contribution in [0.15, 0.2) is 36.0 Å². The van der Waals surface area contributed by atoms with Gasteiger partial charge >= 0.3 is 5.97 Å². The summed E-state index contributed by atoms with van der Waals surface area (Å²) in [7, 11) is 0. The number of amides is 1. The van der Waals surface area contributed by atoms with E-state index < -0.39 is 12.1 Å². The second kappa shape index (κ2) is 13.2. The molecule has 0 saturated heterocycles. The Hall–Kier alpha value is -2.53. The third kappa shape index (κ3) is 7.16. The summed E-state index contributed by atoms with van der Waals surface area (Å²) >= 11 is 15.0. The minimum Gasteiger partial charge on any atom is -0.481 e. The van der Waals surface area contributed by atoms with Crippen molar-refractivity contribution in [1.82, 2.24) is 14.8 Å². The number of carbonyl (C=O) groups is 2. The summed E-state index contributed by atoms with van der Waals surface area (Å²) in [5, 5.41) is 13.5. The lowest BCUT2D eigenvalue weighted by Gasteiger charge is -2.16. The number of aryl methyl sites for hydroxylation is 1. The molecule has 1 amide bonds. The number of carbonyl (C=O) groups excluding carboxylic acids is 2. The molecule has 39 heavy (non-hydrogen) atoms. The molecule has 4 rings (SSSR count). The normalized spacial score (nSPS) is 13.6. The van der Waals surface area contributed by atoms with Gasteiger partial charge < -0.3 is 14.8 Å². The Kier molecular flexibility index (Phi) is 9.98. The summed E-state index contributed by atoms with van der Waals surface area (Å²) in [5.41, 5.74) is 1.50. The molecule has 8 nitrogen and oxygen atoms in total. The summed E-state index contributed by atoms with van der Waals surface area (Å²) in [6.07, 6.45) is 4.80. The van der Waals surface area contributed by atoms with Crippen LogP contribution in [0.4, 0.5) is 5.00 Å². The van der Waals surface area contributed by atoms with E-state index in [0.717, 1.165) is 36.1 Å². The van der Waals surface area contributed by atoms with Gasteiger partial charge in [0.2, 0.25) is 5.91 Å². The summed E-state index contributed by atoms with van der Waals surface area (Å²) in [6, 6.07) is 5.00. The molecular formula is C27H30Cl2N4O4S2. The standard InChI is InChI=1S/C27H30Cl2N4O4S2/c1-5-12-33-24(16(4)37-20-11-10-17(28)13-19(20)29)31-32-27(33)38-14-22(34)30-25-23(26(35)36-15(2)3)18-8-6-7-9-21(18)39-25/h5,10-11,13,15-16H,1,6-9,12,14H2,2-4H3,(H,30,34). The van der Waals surface area contributed by atoms with Gasteiger partial charge in [-0.3, -0.25) is 9.36 Å². The molecule has 1 unspecified atom stereocenters. The molecular weight excluding hydrogens is 579 g/mol. The second-order valence-corrected chi connectivity index (χ2v) is 12.2. The van der Waals surface area contributed by atoms with Gasteiger partial charge in [0.25, 0.3) is 0 Å². The highest BCUT2D eigenvalue weighted by molar-refractivity contribution is 7.99. The number of hydrogen-bond donors (Lipinski definition) is 1. The van der Waals surface area contributed by atoms with E-state index >= 15 is 0 Å². The maximum Gasteiger partial charge on any atom is 0.341 e. The van der Waals surface area contributed by atoms with Gasteiger partial charge in [-0.05, 0) is 70.2 Å². The van der Waals surface area contributed by atoms with Gasteiger partial charge in [0.05, 0.1) is 22.4 Å². The first-order valence-corrected chi connectivity index (χ1v) is 15.2. The number of nitrogens with zero attached hydrogens (tertiary/aromatic N) is 3. The van der Waals surface area contributed by atoms with E-state index in [1.54, 1.807) is 24.3 Å². The van der Waals surface area contributed by atoms with Crippen molar-refractivity contribution in [2.24, 2.45) is 0 Å². The van der Waals surface area contributed by atoms with Gasteiger partial charge in [-0.15, -0.1) is 28.1 Å². The molecule has 1 aromatic carbocycles. The first kappa shape index (κ1) is 29.5. The summed E-state index contributed by atoms with van der Waals surface area (Å²) in [4.78, 5) is 27.0. The molecule has 1 aliphatic carbocycles. The molecule has 208 valence electrons. The van der Waals surface area contributed by atoms with Crippen LogP contribution in [0.1, 0.15) is 66.3 Å². The number of anilines is 1. The fourth-order valence-corrected chi connectivity index (χ4v) is 6.76. The van der Waals surface area contributed by atoms with Crippen LogP contribution in [0.3, 0.4) is 0 Å². The molecule has 0 saturated carbocycles. The molecule has 12 heteroatoms. The molecule has 3 aromatic rings. The Morgan fingerprint density at radius 3 is 2.72 bits per heavy atom. The largest absolute Gasteiger partial charge is 0.481 e. The Balaban J connectivity index is 1.47. The minimum absolute atomic E-state index is 0.0781. The number of rotatable bonds is 11. The number of ether oxygens (including phenoxy) is 2. The number of thioether (sulfide) groups is 1. The molecule has 2 aromatic heterocycles. The van der Waals surface area contributed by atoms with Crippen molar-refractivity contribution < 1.29 is 19.1 Å². The lowest BCUT2D eigenvalue weighted by Crippen LogP contribution is -2.19. The highest BCUT2D eigenvalue weighted by Gasteiger charge is 2.28. The lowest BCUT2D eigenvalue weighted by molar-refractivity contribution is -0.113. The van der Waals surface area contributed by atoms with Gasteiger partial charge in [-0.25, -0.2) is 4.79 Å². The molecule has 1 atom stereocenters. The van der Waals surface area contributed by atoms with Crippen LogP contribution < -0.4 is 10.1 Å². The fraction of sp³-hybridized carbons (Fsp3) is 0.407. The Morgan fingerprint density at radius 1 is 1.23 bits per heavy atom. The zero-order valence-electron chi connectivity index (χ0n) is 22.0. The first-order chi connectivity index (χ1) is 18.7. The number of nitrogens with one attached hydrogen (secondary N) is 1. The number of allylic oxidation sites excluding steroid dienone is 1. The predicted octanol–water partition coefficient (Wildman–Crippen LogP) is 7.15. The van der Waals surface area contributed by atoms with Crippen LogP contribution in [0.2, 0.25) is 10.0 Å². The Morgan fingerprint density at radius 2 is 2.00 bits per heavy atom.